The lowest BCUT2D eigenvalue weighted by Crippen LogP contribution is -2.29. The number of benzene rings is 1. The molecule has 0 saturated heterocycles. The van der Waals surface area contributed by atoms with E-state index in [0.29, 0.717) is 11.1 Å². The molecule has 1 aromatic carbocycles. The van der Waals surface area contributed by atoms with Gasteiger partial charge in [0.1, 0.15) is 17.7 Å². The van der Waals surface area contributed by atoms with Gasteiger partial charge in [0.05, 0.1) is 6.42 Å². The minimum Gasteiger partial charge on any atom is -0.474 e. The standard InChI is InChI=1S/C16H12F5NO/c17-9-1-3-12(14(18)7-9)11-5-6-22-15-13(11)4-2-10(23-15)8-16(19,20)21/h1,3,5-7,10H,2,4,8H2. The number of hydrogen-bond donors (Lipinski definition) is 0. The molecule has 2 heterocycles. The van der Waals surface area contributed by atoms with E-state index < -0.39 is 30.3 Å². The molecule has 7 heteroatoms. The maximum atomic E-state index is 14.0. The van der Waals surface area contributed by atoms with E-state index in [1.807, 2.05) is 0 Å². The summed E-state index contributed by atoms with van der Waals surface area (Å²) in [5.41, 5.74) is 1.16. The van der Waals surface area contributed by atoms with Crippen molar-refractivity contribution >= 4 is 0 Å². The smallest absolute Gasteiger partial charge is 0.392 e. The first-order chi connectivity index (χ1) is 10.8. The largest absolute Gasteiger partial charge is 0.474 e. The summed E-state index contributed by atoms with van der Waals surface area (Å²) in [4.78, 5) is 3.95. The molecule has 122 valence electrons. The predicted octanol–water partition coefficient (Wildman–Crippen LogP) is 4.67. The summed E-state index contributed by atoms with van der Waals surface area (Å²) in [6.07, 6.45) is -4.58. The molecule has 0 spiro atoms. The quantitative estimate of drug-likeness (QED) is 0.747. The van der Waals surface area contributed by atoms with Crippen LogP contribution in [0.2, 0.25) is 0 Å². The molecule has 1 aromatic heterocycles. The lowest BCUT2D eigenvalue weighted by molar-refractivity contribution is -0.152. The topological polar surface area (TPSA) is 22.1 Å². The number of pyridine rings is 1. The number of hydrogen-bond acceptors (Lipinski definition) is 2. The molecule has 0 bridgehead atoms. The highest BCUT2D eigenvalue weighted by Crippen LogP contribution is 2.37. The number of halogens is 5. The third-order valence-electron chi connectivity index (χ3n) is 3.69. The molecule has 1 atom stereocenters. The first-order valence-electron chi connectivity index (χ1n) is 7.00. The van der Waals surface area contributed by atoms with Crippen molar-refractivity contribution < 1.29 is 26.7 Å². The molecule has 0 amide bonds. The molecule has 0 N–H and O–H groups in total. The van der Waals surface area contributed by atoms with Crippen molar-refractivity contribution in [1.82, 2.24) is 4.98 Å². The molecule has 1 unspecified atom stereocenters. The Kier molecular flexibility index (Phi) is 3.95. The molecule has 0 fully saturated rings. The highest BCUT2D eigenvalue weighted by molar-refractivity contribution is 5.69. The van der Waals surface area contributed by atoms with Crippen molar-refractivity contribution in [2.75, 3.05) is 0 Å². The number of alkyl halides is 3. The zero-order valence-corrected chi connectivity index (χ0v) is 11.8. The Labute approximate surface area is 128 Å². The van der Waals surface area contributed by atoms with Gasteiger partial charge in [-0.2, -0.15) is 13.2 Å². The number of nitrogens with zero attached hydrogens (tertiary/aromatic N) is 1. The van der Waals surface area contributed by atoms with E-state index in [0.717, 1.165) is 12.1 Å². The fourth-order valence-corrected chi connectivity index (χ4v) is 2.70. The average Bonchev–Trinajstić information content (AvgIpc) is 2.45. The van der Waals surface area contributed by atoms with Crippen molar-refractivity contribution in [3.63, 3.8) is 0 Å². The van der Waals surface area contributed by atoms with Crippen LogP contribution in [-0.4, -0.2) is 17.3 Å². The van der Waals surface area contributed by atoms with Crippen LogP contribution in [0.5, 0.6) is 5.88 Å². The van der Waals surface area contributed by atoms with E-state index in [-0.39, 0.29) is 24.3 Å². The van der Waals surface area contributed by atoms with Gasteiger partial charge < -0.3 is 4.74 Å². The van der Waals surface area contributed by atoms with Crippen molar-refractivity contribution in [2.45, 2.75) is 31.5 Å². The summed E-state index contributed by atoms with van der Waals surface area (Å²) in [5, 5.41) is 0. The zero-order valence-electron chi connectivity index (χ0n) is 11.8. The van der Waals surface area contributed by atoms with Crippen LogP contribution < -0.4 is 4.74 Å². The number of rotatable bonds is 2. The van der Waals surface area contributed by atoms with E-state index in [9.17, 15) is 22.0 Å². The van der Waals surface area contributed by atoms with Gasteiger partial charge in [-0.15, -0.1) is 0 Å². The monoisotopic (exact) mass is 329 g/mol. The summed E-state index contributed by atoms with van der Waals surface area (Å²) in [6, 6.07) is 4.73. The average molecular weight is 329 g/mol. The third kappa shape index (κ3) is 3.43. The first-order valence-corrected chi connectivity index (χ1v) is 7.00. The minimum atomic E-state index is -4.32. The summed E-state index contributed by atoms with van der Waals surface area (Å²) in [6.45, 7) is 0. The molecular formula is C16H12F5NO. The predicted molar refractivity (Wildman–Crippen MR) is 73.0 cm³/mol. The fraction of sp³-hybridized carbons (Fsp3) is 0.312. The lowest BCUT2D eigenvalue weighted by atomic mass is 9.94. The van der Waals surface area contributed by atoms with Crippen molar-refractivity contribution in [3.8, 4) is 17.0 Å². The van der Waals surface area contributed by atoms with Crippen molar-refractivity contribution in [3.05, 3.63) is 47.7 Å². The van der Waals surface area contributed by atoms with Crippen LogP contribution in [0.3, 0.4) is 0 Å². The molecule has 0 saturated carbocycles. The fourth-order valence-electron chi connectivity index (χ4n) is 2.70. The summed E-state index contributed by atoms with van der Waals surface area (Å²) < 4.78 is 69.7. The van der Waals surface area contributed by atoms with E-state index >= 15 is 0 Å². The van der Waals surface area contributed by atoms with Crippen molar-refractivity contribution in [2.24, 2.45) is 0 Å². The number of fused-ring (bicyclic) bond motifs is 1. The van der Waals surface area contributed by atoms with Gasteiger partial charge >= 0.3 is 6.18 Å². The highest BCUT2D eigenvalue weighted by atomic mass is 19.4. The van der Waals surface area contributed by atoms with Gasteiger partial charge in [0, 0.05) is 23.4 Å². The van der Waals surface area contributed by atoms with Gasteiger partial charge in [0.25, 0.3) is 0 Å². The third-order valence-corrected chi connectivity index (χ3v) is 3.69. The van der Waals surface area contributed by atoms with Crippen LogP contribution in [0.4, 0.5) is 22.0 Å². The van der Waals surface area contributed by atoms with Crippen molar-refractivity contribution in [1.29, 1.82) is 0 Å². The van der Waals surface area contributed by atoms with E-state index in [1.165, 1.54) is 12.3 Å². The van der Waals surface area contributed by atoms with Crippen LogP contribution >= 0.6 is 0 Å². The Bertz CT molecular complexity index is 729. The van der Waals surface area contributed by atoms with Gasteiger partial charge in [0.2, 0.25) is 5.88 Å². The Morgan fingerprint density at radius 1 is 1.13 bits per heavy atom. The molecule has 2 aromatic rings. The minimum absolute atomic E-state index is 0.0757. The molecule has 3 rings (SSSR count). The van der Waals surface area contributed by atoms with E-state index in [1.54, 1.807) is 6.07 Å². The van der Waals surface area contributed by atoms with Gasteiger partial charge in [-0.05, 0) is 36.6 Å². The molecule has 0 aliphatic carbocycles. The molecular weight excluding hydrogens is 317 g/mol. The Morgan fingerprint density at radius 3 is 2.61 bits per heavy atom. The van der Waals surface area contributed by atoms with Crippen LogP contribution in [0.1, 0.15) is 18.4 Å². The normalized spacial score (nSPS) is 17.5. The SMILES string of the molecule is Fc1ccc(-c2ccnc3c2CCC(CC(F)(F)F)O3)c(F)c1. The van der Waals surface area contributed by atoms with Crippen LogP contribution in [-0.2, 0) is 6.42 Å². The van der Waals surface area contributed by atoms with Crippen LogP contribution in [0.25, 0.3) is 11.1 Å². The summed E-state index contributed by atoms with van der Waals surface area (Å²) in [5.74, 6) is -1.36. The Balaban J connectivity index is 1.94. The molecule has 23 heavy (non-hydrogen) atoms. The van der Waals surface area contributed by atoms with Crippen LogP contribution in [0, 0.1) is 11.6 Å². The van der Waals surface area contributed by atoms with Gasteiger partial charge in [-0.25, -0.2) is 13.8 Å². The van der Waals surface area contributed by atoms with Gasteiger partial charge in [0.15, 0.2) is 0 Å². The second kappa shape index (κ2) is 5.79. The lowest BCUT2D eigenvalue weighted by Gasteiger charge is -2.27. The summed E-state index contributed by atoms with van der Waals surface area (Å²) in [7, 11) is 0. The molecule has 2 nitrogen and oxygen atoms in total. The maximum absolute atomic E-state index is 14.0. The summed E-state index contributed by atoms with van der Waals surface area (Å²) >= 11 is 0. The molecule has 1 aliphatic heterocycles. The zero-order chi connectivity index (χ0) is 16.6. The maximum Gasteiger partial charge on any atom is 0.392 e. The van der Waals surface area contributed by atoms with E-state index in [4.69, 9.17) is 4.74 Å². The van der Waals surface area contributed by atoms with Gasteiger partial charge in [-0.3, -0.25) is 0 Å². The highest BCUT2D eigenvalue weighted by Gasteiger charge is 2.35. The molecule has 1 aliphatic rings. The second-order valence-electron chi connectivity index (χ2n) is 5.36. The Morgan fingerprint density at radius 2 is 1.91 bits per heavy atom. The van der Waals surface area contributed by atoms with Crippen LogP contribution in [0.15, 0.2) is 30.5 Å². The van der Waals surface area contributed by atoms with Gasteiger partial charge in [-0.1, -0.05) is 0 Å². The number of aromatic nitrogens is 1. The second-order valence-corrected chi connectivity index (χ2v) is 5.36. The number of ether oxygens (including phenoxy) is 1. The Hall–Kier alpha value is -2.18. The molecule has 0 radical (unpaired) electrons. The first kappa shape index (κ1) is 15.7. The van der Waals surface area contributed by atoms with E-state index in [2.05, 4.69) is 4.98 Å².